The van der Waals surface area contributed by atoms with Crippen molar-refractivity contribution in [2.75, 3.05) is 18.0 Å². The predicted octanol–water partition coefficient (Wildman–Crippen LogP) is 3.17. The molecule has 3 nitrogen and oxygen atoms in total. The van der Waals surface area contributed by atoms with E-state index in [0.717, 1.165) is 4.88 Å². The van der Waals surface area contributed by atoms with Gasteiger partial charge in [0, 0.05) is 30.2 Å². The second-order valence-electron chi connectivity index (χ2n) is 4.80. The topological polar surface area (TPSA) is 28.2 Å². The van der Waals surface area contributed by atoms with Crippen LogP contribution in [0.4, 0.5) is 18.3 Å². The van der Waals surface area contributed by atoms with Crippen molar-refractivity contribution in [1.82, 2.24) is 10.3 Å². The largest absolute Gasteiger partial charge is 0.406 e. The first-order valence-electron chi connectivity index (χ1n) is 6.47. The van der Waals surface area contributed by atoms with Gasteiger partial charge in [-0.1, -0.05) is 6.92 Å². The highest BCUT2D eigenvalue weighted by molar-refractivity contribution is 7.15. The molecule has 1 aliphatic rings. The maximum Gasteiger partial charge on any atom is 0.406 e. The molecule has 1 heterocycles. The first kappa shape index (κ1) is 14.6. The Labute approximate surface area is 114 Å². The lowest BCUT2D eigenvalue weighted by Gasteiger charge is -2.22. The summed E-state index contributed by atoms with van der Waals surface area (Å²) in [6.07, 6.45) is 0.552. The van der Waals surface area contributed by atoms with Gasteiger partial charge < -0.3 is 10.2 Å². The molecular weight excluding hydrogens is 275 g/mol. The molecule has 1 fully saturated rings. The van der Waals surface area contributed by atoms with Gasteiger partial charge in [-0.15, -0.1) is 11.3 Å². The van der Waals surface area contributed by atoms with E-state index in [9.17, 15) is 13.2 Å². The molecule has 0 aromatic carbocycles. The fourth-order valence-corrected chi connectivity index (χ4v) is 2.67. The molecule has 7 heteroatoms. The summed E-state index contributed by atoms with van der Waals surface area (Å²) in [7, 11) is 0. The van der Waals surface area contributed by atoms with Crippen LogP contribution in [-0.4, -0.2) is 30.3 Å². The smallest absolute Gasteiger partial charge is 0.339 e. The summed E-state index contributed by atoms with van der Waals surface area (Å²) >= 11 is 1.34. The number of aromatic nitrogens is 1. The fourth-order valence-electron chi connectivity index (χ4n) is 1.79. The van der Waals surface area contributed by atoms with Crippen molar-refractivity contribution in [2.45, 2.75) is 44.9 Å². The summed E-state index contributed by atoms with van der Waals surface area (Å²) in [6.45, 7) is 2.02. The number of nitrogens with zero attached hydrogens (tertiary/aromatic N) is 2. The molecule has 0 radical (unpaired) electrons. The lowest BCUT2D eigenvalue weighted by molar-refractivity contribution is -0.119. The first-order chi connectivity index (χ1) is 8.98. The second-order valence-corrected chi connectivity index (χ2v) is 5.89. The third kappa shape index (κ3) is 4.99. The van der Waals surface area contributed by atoms with Crippen LogP contribution in [0.1, 0.15) is 31.1 Å². The molecule has 0 bridgehead atoms. The van der Waals surface area contributed by atoms with Gasteiger partial charge in [-0.05, 0) is 19.3 Å². The highest BCUT2D eigenvalue weighted by atomic mass is 32.1. The number of halogens is 3. The minimum Gasteiger partial charge on any atom is -0.339 e. The van der Waals surface area contributed by atoms with E-state index in [4.69, 9.17) is 0 Å². The molecule has 1 N–H and O–H groups in total. The number of anilines is 1. The summed E-state index contributed by atoms with van der Waals surface area (Å²) in [4.78, 5) is 6.42. The number of hydrogen-bond acceptors (Lipinski definition) is 4. The zero-order chi connectivity index (χ0) is 13.9. The van der Waals surface area contributed by atoms with Crippen molar-refractivity contribution in [3.8, 4) is 0 Å². The van der Waals surface area contributed by atoms with Gasteiger partial charge in [0.05, 0.1) is 0 Å². The van der Waals surface area contributed by atoms with Gasteiger partial charge in [0.1, 0.15) is 6.54 Å². The third-order valence-electron chi connectivity index (χ3n) is 2.82. The van der Waals surface area contributed by atoms with Crippen molar-refractivity contribution < 1.29 is 13.2 Å². The highest BCUT2D eigenvalue weighted by Crippen LogP contribution is 2.27. The molecule has 1 saturated carbocycles. The van der Waals surface area contributed by atoms with Crippen LogP contribution in [0.25, 0.3) is 0 Å². The minimum absolute atomic E-state index is 0.377. The maximum atomic E-state index is 12.5. The van der Waals surface area contributed by atoms with E-state index in [1.165, 1.54) is 29.1 Å². The van der Waals surface area contributed by atoms with E-state index >= 15 is 0 Å². The number of thiazole rings is 1. The summed E-state index contributed by atoms with van der Waals surface area (Å²) in [5.74, 6) is 0. The van der Waals surface area contributed by atoms with Crippen LogP contribution >= 0.6 is 11.3 Å². The standard InChI is InChI=1S/C12H18F3N3S/c1-2-5-18(8-12(13,14)15)11-17-7-10(19-11)6-16-9-3-4-9/h7,9,16H,2-6,8H2,1H3. The SMILES string of the molecule is CCCN(CC(F)(F)F)c1ncc(CNC2CC2)s1. The zero-order valence-corrected chi connectivity index (χ0v) is 11.7. The van der Waals surface area contributed by atoms with Crippen molar-refractivity contribution in [3.63, 3.8) is 0 Å². The fraction of sp³-hybridized carbons (Fsp3) is 0.750. The van der Waals surface area contributed by atoms with Crippen molar-refractivity contribution in [1.29, 1.82) is 0 Å². The van der Waals surface area contributed by atoms with E-state index in [1.807, 2.05) is 6.92 Å². The van der Waals surface area contributed by atoms with E-state index in [-0.39, 0.29) is 0 Å². The summed E-state index contributed by atoms with van der Waals surface area (Å²) in [5.41, 5.74) is 0. The molecule has 108 valence electrons. The van der Waals surface area contributed by atoms with Gasteiger partial charge in [0.15, 0.2) is 5.13 Å². The van der Waals surface area contributed by atoms with Crippen molar-refractivity contribution in [3.05, 3.63) is 11.1 Å². The molecule has 19 heavy (non-hydrogen) atoms. The van der Waals surface area contributed by atoms with Gasteiger partial charge in [0.25, 0.3) is 0 Å². The molecule has 0 amide bonds. The first-order valence-corrected chi connectivity index (χ1v) is 7.29. The van der Waals surface area contributed by atoms with E-state index in [0.29, 0.717) is 30.7 Å². The third-order valence-corrected chi connectivity index (χ3v) is 3.88. The van der Waals surface area contributed by atoms with Crippen LogP contribution in [-0.2, 0) is 6.54 Å². The lowest BCUT2D eigenvalue weighted by atomic mass is 10.4. The van der Waals surface area contributed by atoms with Crippen LogP contribution in [0.3, 0.4) is 0 Å². The normalized spacial score (nSPS) is 15.8. The van der Waals surface area contributed by atoms with Crippen LogP contribution in [0.2, 0.25) is 0 Å². The molecule has 1 aromatic rings. The molecular formula is C12H18F3N3S. The second kappa shape index (κ2) is 6.09. The maximum absolute atomic E-state index is 12.5. The number of alkyl halides is 3. The Morgan fingerprint density at radius 1 is 1.47 bits per heavy atom. The number of nitrogens with one attached hydrogen (secondary N) is 1. The van der Waals surface area contributed by atoms with Crippen LogP contribution in [0, 0.1) is 0 Å². The summed E-state index contributed by atoms with van der Waals surface area (Å²) < 4.78 is 37.5. The number of hydrogen-bond donors (Lipinski definition) is 1. The van der Waals surface area contributed by atoms with Crippen molar-refractivity contribution in [2.24, 2.45) is 0 Å². The predicted molar refractivity (Wildman–Crippen MR) is 70.5 cm³/mol. The summed E-state index contributed by atoms with van der Waals surface area (Å²) in [6, 6.07) is 0.590. The molecule has 0 unspecified atom stereocenters. The minimum atomic E-state index is -4.19. The van der Waals surface area contributed by atoms with E-state index in [1.54, 1.807) is 6.20 Å². The quantitative estimate of drug-likeness (QED) is 0.837. The Kier molecular flexibility index (Phi) is 4.67. The van der Waals surface area contributed by atoms with Crippen LogP contribution in [0.5, 0.6) is 0 Å². The van der Waals surface area contributed by atoms with Gasteiger partial charge in [-0.25, -0.2) is 4.98 Å². The number of rotatable bonds is 7. The van der Waals surface area contributed by atoms with Crippen LogP contribution < -0.4 is 10.2 Å². The monoisotopic (exact) mass is 293 g/mol. The Balaban J connectivity index is 1.95. The van der Waals surface area contributed by atoms with E-state index in [2.05, 4.69) is 10.3 Å². The molecule has 2 rings (SSSR count). The molecule has 1 aromatic heterocycles. The van der Waals surface area contributed by atoms with E-state index < -0.39 is 12.7 Å². The Hall–Kier alpha value is -0.820. The average molecular weight is 293 g/mol. The molecule has 0 spiro atoms. The summed E-state index contributed by atoms with van der Waals surface area (Å²) in [5, 5.41) is 3.80. The van der Waals surface area contributed by atoms with Gasteiger partial charge in [0.2, 0.25) is 0 Å². The lowest BCUT2D eigenvalue weighted by Crippen LogP contribution is -2.34. The average Bonchev–Trinajstić information content (AvgIpc) is 3.02. The molecule has 0 saturated heterocycles. The molecule has 1 aliphatic carbocycles. The van der Waals surface area contributed by atoms with Gasteiger partial charge >= 0.3 is 6.18 Å². The van der Waals surface area contributed by atoms with Gasteiger partial charge in [-0.3, -0.25) is 0 Å². The highest BCUT2D eigenvalue weighted by Gasteiger charge is 2.31. The Morgan fingerprint density at radius 2 is 2.21 bits per heavy atom. The van der Waals surface area contributed by atoms with Gasteiger partial charge in [-0.2, -0.15) is 13.2 Å². The van der Waals surface area contributed by atoms with Crippen molar-refractivity contribution >= 4 is 16.5 Å². The van der Waals surface area contributed by atoms with Crippen LogP contribution in [0.15, 0.2) is 6.20 Å². The molecule has 0 atom stereocenters. The zero-order valence-electron chi connectivity index (χ0n) is 10.8. The molecule has 0 aliphatic heterocycles. The Morgan fingerprint density at radius 3 is 2.79 bits per heavy atom. The Bertz CT molecular complexity index is 401.